The van der Waals surface area contributed by atoms with Crippen molar-refractivity contribution in [1.82, 2.24) is 4.98 Å². The molecule has 2 aromatic rings. The van der Waals surface area contributed by atoms with Gasteiger partial charge in [0.05, 0.1) is 29.6 Å². The lowest BCUT2D eigenvalue weighted by atomic mass is 10.2. The molecule has 0 aliphatic carbocycles. The average Bonchev–Trinajstić information content (AvgIpc) is 2.52. The monoisotopic (exact) mass is 318 g/mol. The summed E-state index contributed by atoms with van der Waals surface area (Å²) in [6.45, 7) is 7.51. The van der Waals surface area contributed by atoms with Crippen molar-refractivity contribution in [3.63, 3.8) is 0 Å². The van der Waals surface area contributed by atoms with Gasteiger partial charge in [-0.15, -0.1) is 0 Å². The number of nitrogens with one attached hydrogen (secondary N) is 1. The summed E-state index contributed by atoms with van der Waals surface area (Å²) in [5.41, 5.74) is 2.59. The summed E-state index contributed by atoms with van der Waals surface area (Å²) in [4.78, 5) is 5.22. The van der Waals surface area contributed by atoms with E-state index in [-0.39, 0.29) is 0 Å². The number of aromatic nitrogens is 1. The summed E-state index contributed by atoms with van der Waals surface area (Å²) < 4.78 is 8.53. The molecule has 0 aliphatic rings. The smallest absolute Gasteiger partial charge is 0.134 e. The van der Waals surface area contributed by atoms with E-state index in [1.807, 2.05) is 18.2 Å². The van der Waals surface area contributed by atoms with Gasteiger partial charge in [-0.3, -0.25) is 4.98 Å². The lowest BCUT2D eigenvalue weighted by Gasteiger charge is -2.11. The molecule has 0 atom stereocenters. The molecule has 1 heterocycles. The van der Waals surface area contributed by atoms with E-state index in [1.54, 1.807) is 31.5 Å². The van der Waals surface area contributed by atoms with Crippen LogP contribution in [0.4, 0.5) is 5.69 Å². The van der Waals surface area contributed by atoms with Crippen LogP contribution in [0.15, 0.2) is 48.5 Å². The summed E-state index contributed by atoms with van der Waals surface area (Å²) >= 11 is 7.42. The van der Waals surface area contributed by atoms with Gasteiger partial charge in [0.1, 0.15) is 5.75 Å². The molecule has 0 saturated carbocycles. The predicted octanol–water partition coefficient (Wildman–Crippen LogP) is 5.15. The molecule has 1 aromatic carbocycles. The van der Waals surface area contributed by atoms with Crippen molar-refractivity contribution in [2.75, 3.05) is 11.8 Å². The minimum absolute atomic E-state index is 0.659. The molecular weight excluding hydrogens is 304 g/mol. The number of benzene rings is 1. The van der Waals surface area contributed by atoms with Crippen molar-refractivity contribution in [2.24, 2.45) is 0 Å². The maximum Gasteiger partial charge on any atom is 0.134 e. The van der Waals surface area contributed by atoms with Crippen LogP contribution < -0.4 is 9.46 Å². The van der Waals surface area contributed by atoms with Gasteiger partial charge in [0.2, 0.25) is 0 Å². The highest BCUT2D eigenvalue weighted by molar-refractivity contribution is 8.00. The molecule has 0 fully saturated rings. The third kappa shape index (κ3) is 3.80. The van der Waals surface area contributed by atoms with Crippen LogP contribution in [0.3, 0.4) is 0 Å². The Morgan fingerprint density at radius 3 is 2.76 bits per heavy atom. The van der Waals surface area contributed by atoms with Crippen LogP contribution in [0.25, 0.3) is 12.2 Å². The molecule has 0 saturated heterocycles. The van der Waals surface area contributed by atoms with Crippen LogP contribution in [0.5, 0.6) is 5.75 Å². The number of rotatable bonds is 6. The molecule has 2 rings (SSSR count). The first-order valence-electron chi connectivity index (χ1n) is 6.19. The maximum atomic E-state index is 6.01. The number of methoxy groups -OCH3 is 1. The first-order valence-corrected chi connectivity index (χ1v) is 7.38. The normalized spacial score (nSPS) is 10.0. The Labute approximate surface area is 133 Å². The highest BCUT2D eigenvalue weighted by Gasteiger charge is 2.06. The van der Waals surface area contributed by atoms with Crippen LogP contribution in [0.2, 0.25) is 5.02 Å². The van der Waals surface area contributed by atoms with Crippen LogP contribution >= 0.6 is 23.5 Å². The van der Waals surface area contributed by atoms with Crippen molar-refractivity contribution in [2.45, 2.75) is 4.90 Å². The summed E-state index contributed by atoms with van der Waals surface area (Å²) in [6.07, 6.45) is 5.20. The van der Waals surface area contributed by atoms with Gasteiger partial charge in [-0.05, 0) is 42.3 Å². The second-order valence-electron chi connectivity index (χ2n) is 4.11. The quantitative estimate of drug-likeness (QED) is 0.747. The second-order valence-corrected chi connectivity index (χ2v) is 5.39. The third-order valence-corrected chi connectivity index (χ3v) is 3.88. The highest BCUT2D eigenvalue weighted by atomic mass is 35.5. The number of halogens is 1. The molecule has 21 heavy (non-hydrogen) atoms. The van der Waals surface area contributed by atoms with E-state index >= 15 is 0 Å². The Balaban J connectivity index is 2.18. The first-order chi connectivity index (χ1) is 10.2. The Morgan fingerprint density at radius 2 is 2.10 bits per heavy atom. The molecule has 3 nitrogen and oxygen atoms in total. The van der Waals surface area contributed by atoms with E-state index in [2.05, 4.69) is 22.9 Å². The Morgan fingerprint density at radius 1 is 1.29 bits per heavy atom. The predicted molar refractivity (Wildman–Crippen MR) is 91.9 cm³/mol. The molecule has 0 spiro atoms. The Hall–Kier alpha value is -1.91. The lowest BCUT2D eigenvalue weighted by Crippen LogP contribution is -1.94. The van der Waals surface area contributed by atoms with Gasteiger partial charge in [-0.2, -0.15) is 0 Å². The van der Waals surface area contributed by atoms with Crippen molar-refractivity contribution in [3.8, 4) is 5.75 Å². The summed E-state index contributed by atoms with van der Waals surface area (Å²) in [6, 6.07) is 7.43. The van der Waals surface area contributed by atoms with E-state index < -0.39 is 0 Å². The minimum Gasteiger partial charge on any atom is -0.496 e. The number of nitrogens with zero attached hydrogens (tertiary/aromatic N) is 1. The molecule has 0 bridgehead atoms. The molecule has 0 unspecified atom stereocenters. The Bertz CT molecular complexity index is 673. The number of hydrogen-bond acceptors (Lipinski definition) is 4. The average molecular weight is 319 g/mol. The fourth-order valence-corrected chi connectivity index (χ4v) is 2.74. The molecule has 0 amide bonds. The van der Waals surface area contributed by atoms with E-state index in [9.17, 15) is 0 Å². The third-order valence-electron chi connectivity index (χ3n) is 2.77. The second kappa shape index (κ2) is 7.20. The van der Waals surface area contributed by atoms with Crippen molar-refractivity contribution in [1.29, 1.82) is 0 Å². The zero-order valence-electron chi connectivity index (χ0n) is 11.6. The standard InChI is InChI=1S/C16H15ClN2OS/c1-4-11-8-13(10-18-14(11)5-2)19-21-16-9-12(17)6-7-15(16)20-3/h4-10,19H,1-2H2,3H3. The molecule has 0 aliphatic heterocycles. The molecular formula is C16H15ClN2OS. The SMILES string of the molecule is C=Cc1cc(NSc2cc(Cl)ccc2OC)cnc1C=C. The van der Waals surface area contributed by atoms with Gasteiger partial charge >= 0.3 is 0 Å². The van der Waals surface area contributed by atoms with Crippen LogP contribution in [0.1, 0.15) is 11.3 Å². The summed E-state index contributed by atoms with van der Waals surface area (Å²) in [5, 5.41) is 0.659. The van der Waals surface area contributed by atoms with E-state index in [4.69, 9.17) is 16.3 Å². The lowest BCUT2D eigenvalue weighted by molar-refractivity contribution is 0.405. The zero-order chi connectivity index (χ0) is 15.2. The van der Waals surface area contributed by atoms with Crippen molar-refractivity contribution in [3.05, 3.63) is 59.9 Å². The molecule has 5 heteroatoms. The van der Waals surface area contributed by atoms with Crippen LogP contribution in [0, 0.1) is 0 Å². The number of hydrogen-bond donors (Lipinski definition) is 1. The van der Waals surface area contributed by atoms with Gasteiger partial charge in [0.15, 0.2) is 0 Å². The minimum atomic E-state index is 0.659. The maximum absolute atomic E-state index is 6.01. The van der Waals surface area contributed by atoms with Gasteiger partial charge in [-0.1, -0.05) is 30.8 Å². The fourth-order valence-electron chi connectivity index (χ4n) is 1.73. The Kier molecular flexibility index (Phi) is 5.31. The fraction of sp³-hybridized carbons (Fsp3) is 0.0625. The number of ether oxygens (including phenoxy) is 1. The van der Waals surface area contributed by atoms with Gasteiger partial charge in [0, 0.05) is 10.6 Å². The molecule has 108 valence electrons. The van der Waals surface area contributed by atoms with E-state index in [0.717, 1.165) is 27.6 Å². The first kappa shape index (κ1) is 15.5. The summed E-state index contributed by atoms with van der Waals surface area (Å²) in [7, 11) is 1.63. The van der Waals surface area contributed by atoms with Crippen molar-refractivity contribution < 1.29 is 4.74 Å². The van der Waals surface area contributed by atoms with Gasteiger partial charge in [-0.25, -0.2) is 0 Å². The summed E-state index contributed by atoms with van der Waals surface area (Å²) in [5.74, 6) is 0.761. The number of anilines is 1. The van der Waals surface area contributed by atoms with E-state index in [1.165, 1.54) is 11.9 Å². The molecule has 1 aromatic heterocycles. The molecule has 1 N–H and O–H groups in total. The van der Waals surface area contributed by atoms with Crippen molar-refractivity contribution >= 4 is 41.4 Å². The van der Waals surface area contributed by atoms with E-state index in [0.29, 0.717) is 5.02 Å². The van der Waals surface area contributed by atoms with Crippen LogP contribution in [-0.4, -0.2) is 12.1 Å². The zero-order valence-corrected chi connectivity index (χ0v) is 13.2. The topological polar surface area (TPSA) is 34.1 Å². The highest BCUT2D eigenvalue weighted by Crippen LogP contribution is 2.32. The van der Waals surface area contributed by atoms with Crippen LogP contribution in [-0.2, 0) is 0 Å². The largest absolute Gasteiger partial charge is 0.496 e. The number of pyridine rings is 1. The van der Waals surface area contributed by atoms with Gasteiger partial charge in [0.25, 0.3) is 0 Å². The van der Waals surface area contributed by atoms with Gasteiger partial charge < -0.3 is 9.46 Å². The molecule has 0 radical (unpaired) electrons.